The first-order chi connectivity index (χ1) is 11.8. The number of rotatable bonds is 5. The van der Waals surface area contributed by atoms with Crippen molar-refractivity contribution in [2.45, 2.75) is 32.2 Å². The average Bonchev–Trinajstić information content (AvgIpc) is 2.90. The Morgan fingerprint density at radius 3 is 2.72 bits per heavy atom. The molecule has 0 amide bonds. The molecule has 2 aromatic rings. The molecule has 1 aromatic heterocycles. The summed E-state index contributed by atoms with van der Waals surface area (Å²) in [5.74, 6) is 1.22. The van der Waals surface area contributed by atoms with E-state index in [1.807, 2.05) is 26.2 Å². The number of ether oxygens (including phenoxy) is 1. The third-order valence-corrected chi connectivity index (χ3v) is 5.60. The number of aromatic nitrogens is 2. The van der Waals surface area contributed by atoms with Crippen molar-refractivity contribution in [2.24, 2.45) is 13.0 Å². The highest BCUT2D eigenvalue weighted by molar-refractivity contribution is 5.93. The van der Waals surface area contributed by atoms with Crippen molar-refractivity contribution in [1.82, 2.24) is 14.9 Å². The molecule has 1 fully saturated rings. The van der Waals surface area contributed by atoms with E-state index in [1.165, 1.54) is 6.42 Å². The lowest BCUT2D eigenvalue weighted by Gasteiger charge is -2.47. The number of benzene rings is 1. The second-order valence-corrected chi connectivity index (χ2v) is 6.87. The molecule has 1 heterocycles. The molecule has 6 heteroatoms. The minimum atomic E-state index is -0.940. The summed E-state index contributed by atoms with van der Waals surface area (Å²) in [6.07, 6.45) is 3.87. The van der Waals surface area contributed by atoms with Gasteiger partial charge < -0.3 is 19.7 Å². The van der Waals surface area contributed by atoms with Crippen LogP contribution < -0.4 is 10.1 Å². The van der Waals surface area contributed by atoms with Crippen molar-refractivity contribution in [3.63, 3.8) is 0 Å². The van der Waals surface area contributed by atoms with E-state index in [9.17, 15) is 4.79 Å². The van der Waals surface area contributed by atoms with Crippen LogP contribution >= 0.6 is 0 Å². The highest BCUT2D eigenvalue weighted by Gasteiger charge is 2.47. The van der Waals surface area contributed by atoms with Gasteiger partial charge in [-0.2, -0.15) is 0 Å². The highest BCUT2D eigenvalue weighted by Crippen LogP contribution is 2.46. The Labute approximate surface area is 147 Å². The van der Waals surface area contributed by atoms with Crippen LogP contribution in [0.3, 0.4) is 0 Å². The van der Waals surface area contributed by atoms with E-state index in [0.717, 1.165) is 28.8 Å². The molecule has 6 nitrogen and oxygen atoms in total. The van der Waals surface area contributed by atoms with Crippen LogP contribution in [0.15, 0.2) is 17.7 Å². The summed E-state index contributed by atoms with van der Waals surface area (Å²) in [6.45, 7) is 3.82. The molecule has 0 saturated heterocycles. The van der Waals surface area contributed by atoms with E-state index in [2.05, 4.69) is 16.8 Å². The lowest BCUT2D eigenvalue weighted by atomic mass is 9.67. The number of imidazole rings is 1. The van der Waals surface area contributed by atoms with Crippen molar-refractivity contribution < 1.29 is 14.6 Å². The second kappa shape index (κ2) is 6.19. The monoisotopic (exact) mass is 343 g/mol. The largest absolute Gasteiger partial charge is 0.496 e. The topological polar surface area (TPSA) is 76.4 Å². The molecule has 1 aliphatic rings. The summed E-state index contributed by atoms with van der Waals surface area (Å²) < 4.78 is 7.56. The zero-order valence-corrected chi connectivity index (χ0v) is 15.4. The Hall–Kier alpha value is -2.34. The van der Waals surface area contributed by atoms with Gasteiger partial charge >= 0.3 is 5.97 Å². The van der Waals surface area contributed by atoms with Gasteiger partial charge in [0.15, 0.2) is 0 Å². The van der Waals surface area contributed by atoms with Crippen molar-refractivity contribution in [3.8, 4) is 5.75 Å². The summed E-state index contributed by atoms with van der Waals surface area (Å²) in [7, 11) is 5.58. The van der Waals surface area contributed by atoms with Gasteiger partial charge in [-0.15, -0.1) is 0 Å². The summed E-state index contributed by atoms with van der Waals surface area (Å²) in [4.78, 5) is 16.0. The summed E-state index contributed by atoms with van der Waals surface area (Å²) in [5, 5.41) is 12.6. The van der Waals surface area contributed by atoms with Crippen LogP contribution in [-0.4, -0.2) is 34.8 Å². The van der Waals surface area contributed by atoms with E-state index in [4.69, 9.17) is 14.8 Å². The molecule has 1 saturated carbocycles. The molecule has 2 atom stereocenters. The number of hydrogen-bond donors (Lipinski definition) is 2. The number of aliphatic carboxylic acids is 1. The lowest BCUT2D eigenvalue weighted by Crippen LogP contribution is -2.54. The predicted molar refractivity (Wildman–Crippen MR) is 97.7 cm³/mol. The minimum absolute atomic E-state index is 0.103. The number of nitrogens with zero attached hydrogens (tertiary/aromatic N) is 2. The van der Waals surface area contributed by atoms with Crippen LogP contribution in [0.5, 0.6) is 5.75 Å². The van der Waals surface area contributed by atoms with Crippen LogP contribution in [0.1, 0.15) is 38.1 Å². The first-order valence-corrected chi connectivity index (χ1v) is 8.49. The highest BCUT2D eigenvalue weighted by atomic mass is 16.5. The maximum Gasteiger partial charge on any atom is 0.331 e. The molecular formula is C19H25N3O3. The molecule has 1 aliphatic carbocycles. The minimum Gasteiger partial charge on any atom is -0.496 e. The van der Waals surface area contributed by atoms with E-state index >= 15 is 0 Å². The van der Waals surface area contributed by atoms with E-state index < -0.39 is 5.97 Å². The van der Waals surface area contributed by atoms with Crippen molar-refractivity contribution >= 4 is 23.1 Å². The van der Waals surface area contributed by atoms with Gasteiger partial charge in [-0.1, -0.05) is 6.92 Å². The molecule has 25 heavy (non-hydrogen) atoms. The predicted octanol–water partition coefficient (Wildman–Crippen LogP) is 2.91. The smallest absolute Gasteiger partial charge is 0.331 e. The molecule has 3 rings (SSSR count). The first kappa shape index (κ1) is 17.5. The Morgan fingerprint density at radius 2 is 2.24 bits per heavy atom. The van der Waals surface area contributed by atoms with Crippen molar-refractivity contribution in [2.75, 3.05) is 14.2 Å². The van der Waals surface area contributed by atoms with Gasteiger partial charge in [0.1, 0.15) is 11.6 Å². The summed E-state index contributed by atoms with van der Waals surface area (Å²) >= 11 is 0. The van der Waals surface area contributed by atoms with Gasteiger partial charge in [0.2, 0.25) is 0 Å². The molecule has 0 spiro atoms. The molecule has 0 aliphatic heterocycles. The molecule has 0 bridgehead atoms. The quantitative estimate of drug-likeness (QED) is 0.817. The Balaban J connectivity index is 2.19. The number of carbonyl (C=O) groups is 1. The van der Waals surface area contributed by atoms with Crippen LogP contribution in [0.25, 0.3) is 17.1 Å². The fourth-order valence-corrected chi connectivity index (χ4v) is 3.76. The number of carboxylic acid groups (broad SMARTS) is 1. The Kier molecular flexibility index (Phi) is 4.33. The first-order valence-electron chi connectivity index (χ1n) is 8.49. The Bertz CT molecular complexity index is 864. The van der Waals surface area contributed by atoms with Crippen molar-refractivity contribution in [1.29, 1.82) is 0 Å². The van der Waals surface area contributed by atoms with E-state index in [-0.39, 0.29) is 11.1 Å². The van der Waals surface area contributed by atoms with Gasteiger partial charge in [0, 0.05) is 24.3 Å². The average molecular weight is 343 g/mol. The number of nitrogens with one attached hydrogen (secondary N) is 1. The van der Waals surface area contributed by atoms with Crippen LogP contribution in [0.2, 0.25) is 0 Å². The molecule has 2 N–H and O–H groups in total. The summed E-state index contributed by atoms with van der Waals surface area (Å²) in [6, 6.07) is 3.83. The number of hydrogen-bond acceptors (Lipinski definition) is 4. The number of methoxy groups -OCH3 is 1. The number of aryl methyl sites for hydroxylation is 1. The van der Waals surface area contributed by atoms with Gasteiger partial charge in [-0.25, -0.2) is 9.78 Å². The SMILES string of the molecule is CNC1(c2nc3cc(OC)c(/C=C(\C)C(=O)O)cc3n2C)CC[C@H]1C. The fourth-order valence-electron chi connectivity index (χ4n) is 3.76. The maximum atomic E-state index is 11.2. The van der Waals surface area contributed by atoms with Gasteiger partial charge in [-0.05, 0) is 44.9 Å². The molecule has 1 aromatic carbocycles. The maximum absolute atomic E-state index is 11.2. The van der Waals surface area contributed by atoms with E-state index in [1.54, 1.807) is 20.1 Å². The van der Waals surface area contributed by atoms with Crippen LogP contribution in [-0.2, 0) is 17.4 Å². The number of fused-ring (bicyclic) bond motifs is 1. The van der Waals surface area contributed by atoms with Gasteiger partial charge in [-0.3, -0.25) is 0 Å². The molecular weight excluding hydrogens is 318 g/mol. The molecule has 1 unspecified atom stereocenters. The zero-order chi connectivity index (χ0) is 18.4. The second-order valence-electron chi connectivity index (χ2n) is 6.87. The standard InChI is InChI=1S/C19H25N3O3/c1-11(17(23)24)8-13-9-15-14(10-16(13)25-5)21-18(22(15)4)19(20-3)7-6-12(19)2/h8-10,12,20H,6-7H2,1-5H3,(H,23,24)/b11-8+/t12-,19?/m1/s1. The number of carboxylic acids is 1. The zero-order valence-electron chi connectivity index (χ0n) is 15.4. The van der Waals surface area contributed by atoms with Crippen LogP contribution in [0.4, 0.5) is 0 Å². The third kappa shape index (κ3) is 2.61. The normalized spacial score (nSPS) is 23.6. The third-order valence-electron chi connectivity index (χ3n) is 5.60. The van der Waals surface area contributed by atoms with Crippen molar-refractivity contribution in [3.05, 3.63) is 29.1 Å². The van der Waals surface area contributed by atoms with Crippen LogP contribution in [0, 0.1) is 5.92 Å². The molecule has 0 radical (unpaired) electrons. The van der Waals surface area contributed by atoms with Gasteiger partial charge in [0.05, 0.1) is 23.7 Å². The van der Waals surface area contributed by atoms with E-state index in [0.29, 0.717) is 11.7 Å². The lowest BCUT2D eigenvalue weighted by molar-refractivity contribution is -0.132. The van der Waals surface area contributed by atoms with Gasteiger partial charge in [0.25, 0.3) is 0 Å². The summed E-state index contributed by atoms with van der Waals surface area (Å²) in [5.41, 5.74) is 2.72. The molecule has 134 valence electrons. The fraction of sp³-hybridized carbons (Fsp3) is 0.474. The Morgan fingerprint density at radius 1 is 1.52 bits per heavy atom.